The molecule has 2 aromatic rings. The maximum atomic E-state index is 13.1. The van der Waals surface area contributed by atoms with Crippen LogP contribution in [0.25, 0.3) is 11.3 Å². The molecule has 164 valence electrons. The Morgan fingerprint density at radius 2 is 2.07 bits per heavy atom. The van der Waals surface area contributed by atoms with Gasteiger partial charge in [0.15, 0.2) is 9.84 Å². The summed E-state index contributed by atoms with van der Waals surface area (Å²) < 4.78 is 32.0. The molecule has 2 rings (SSSR count). The van der Waals surface area contributed by atoms with Crippen LogP contribution >= 0.6 is 0 Å². The lowest BCUT2D eigenvalue weighted by Gasteiger charge is -2.21. The van der Waals surface area contributed by atoms with Gasteiger partial charge in [-0.3, -0.25) is 9.39 Å². The van der Waals surface area contributed by atoms with Gasteiger partial charge in [0.25, 0.3) is 0 Å². The molecule has 0 saturated heterocycles. The molecule has 0 atom stereocenters. The summed E-state index contributed by atoms with van der Waals surface area (Å²) in [5.41, 5.74) is 6.55. The van der Waals surface area contributed by atoms with Gasteiger partial charge in [-0.25, -0.2) is 18.2 Å². The Morgan fingerprint density at radius 3 is 2.60 bits per heavy atom. The zero-order valence-corrected chi connectivity index (χ0v) is 18.1. The predicted molar refractivity (Wildman–Crippen MR) is 112 cm³/mol. The number of sulfone groups is 1. The molecule has 0 aliphatic rings. The largest absolute Gasteiger partial charge is 0.490 e. The minimum Gasteiger partial charge on any atom is -0.490 e. The van der Waals surface area contributed by atoms with Crippen molar-refractivity contribution in [3.63, 3.8) is 0 Å². The van der Waals surface area contributed by atoms with E-state index in [4.69, 9.17) is 15.6 Å². The molecule has 0 saturated carbocycles. The molecule has 0 radical (unpaired) electrons. The third-order valence-corrected chi connectivity index (χ3v) is 6.65. The Morgan fingerprint density at radius 1 is 1.40 bits per heavy atom. The van der Waals surface area contributed by atoms with Crippen molar-refractivity contribution < 1.29 is 28.2 Å². The number of nitrogens with zero attached hydrogens (tertiary/aromatic N) is 3. The SMILES string of the molecule is CCN=C(/C=C(\N)c1cnc2cc(OCCO)c(S(=O)(=O)C(C)(C)C)cn12)C(=O)O. The van der Waals surface area contributed by atoms with Crippen molar-refractivity contribution in [3.8, 4) is 5.75 Å². The quantitative estimate of drug-likeness (QED) is 0.518. The topological polar surface area (TPSA) is 157 Å². The van der Waals surface area contributed by atoms with E-state index in [0.29, 0.717) is 11.3 Å². The molecular weight excluding hydrogens is 412 g/mol. The van der Waals surface area contributed by atoms with Gasteiger partial charge >= 0.3 is 5.97 Å². The third kappa shape index (κ3) is 4.62. The molecule has 2 heterocycles. The number of nitrogens with two attached hydrogens (primary N) is 1. The highest BCUT2D eigenvalue weighted by Crippen LogP contribution is 2.33. The van der Waals surface area contributed by atoms with Crippen LogP contribution in [0.15, 0.2) is 34.4 Å². The number of aliphatic hydroxyl groups excluding tert-OH is 1. The smallest absolute Gasteiger partial charge is 0.354 e. The van der Waals surface area contributed by atoms with Crippen molar-refractivity contribution >= 4 is 32.9 Å². The maximum absolute atomic E-state index is 13.1. The van der Waals surface area contributed by atoms with Gasteiger partial charge in [0.05, 0.1) is 28.9 Å². The van der Waals surface area contributed by atoms with E-state index in [9.17, 15) is 18.3 Å². The molecule has 10 nitrogen and oxygen atoms in total. The number of ether oxygens (including phenoxy) is 1. The number of aromatic nitrogens is 2. The first-order chi connectivity index (χ1) is 13.9. The molecule has 0 aliphatic carbocycles. The van der Waals surface area contributed by atoms with Gasteiger partial charge < -0.3 is 20.7 Å². The van der Waals surface area contributed by atoms with Crippen molar-refractivity contribution in [2.45, 2.75) is 37.3 Å². The standard InChI is InChI=1S/C19H26N4O6S/c1-5-21-13(18(25)26)8-12(20)14-10-22-17-9-15(29-7-6-24)16(11-23(14)17)30(27,28)19(2,3)4/h8-11,24H,5-7,20H2,1-4H3,(H,25,26)/b12-8-,21-13?. The fourth-order valence-corrected chi connectivity index (χ4v) is 3.85. The summed E-state index contributed by atoms with van der Waals surface area (Å²) in [6, 6.07) is 1.43. The van der Waals surface area contributed by atoms with Gasteiger partial charge in [-0.1, -0.05) is 0 Å². The molecule has 0 amide bonds. The van der Waals surface area contributed by atoms with Crippen LogP contribution in [-0.2, 0) is 14.6 Å². The van der Waals surface area contributed by atoms with Crippen LogP contribution in [0.5, 0.6) is 5.75 Å². The summed E-state index contributed by atoms with van der Waals surface area (Å²) in [5, 5.41) is 18.3. The molecule has 0 bridgehead atoms. The Labute approximate surface area is 174 Å². The second-order valence-corrected chi connectivity index (χ2v) is 10.00. The van der Waals surface area contributed by atoms with Gasteiger partial charge in [-0.05, 0) is 33.8 Å². The number of hydrogen-bond acceptors (Lipinski definition) is 8. The van der Waals surface area contributed by atoms with Crippen LogP contribution < -0.4 is 10.5 Å². The summed E-state index contributed by atoms with van der Waals surface area (Å²) in [6.07, 6.45) is 3.93. The van der Waals surface area contributed by atoms with Crippen LogP contribution in [0.1, 0.15) is 33.4 Å². The predicted octanol–water partition coefficient (Wildman–Crippen LogP) is 1.12. The van der Waals surface area contributed by atoms with E-state index in [1.54, 1.807) is 27.7 Å². The number of hydrogen-bond donors (Lipinski definition) is 3. The number of pyridine rings is 1. The number of carbonyl (C=O) groups is 1. The number of carboxylic acid groups (broad SMARTS) is 1. The van der Waals surface area contributed by atoms with Gasteiger partial charge in [0.2, 0.25) is 0 Å². The lowest BCUT2D eigenvalue weighted by atomic mass is 10.2. The van der Waals surface area contributed by atoms with E-state index in [2.05, 4.69) is 9.98 Å². The molecule has 11 heteroatoms. The Hall–Kier alpha value is -2.92. The van der Waals surface area contributed by atoms with Crippen LogP contribution in [-0.4, -0.2) is 64.2 Å². The lowest BCUT2D eigenvalue weighted by Crippen LogP contribution is -2.29. The summed E-state index contributed by atoms with van der Waals surface area (Å²) in [5.74, 6) is -1.17. The van der Waals surface area contributed by atoms with E-state index in [0.717, 1.165) is 0 Å². The normalized spacial score (nSPS) is 13.6. The fourth-order valence-electron chi connectivity index (χ4n) is 2.57. The Bertz CT molecular complexity index is 1110. The van der Waals surface area contributed by atoms with Gasteiger partial charge in [-0.15, -0.1) is 0 Å². The zero-order chi connectivity index (χ0) is 22.7. The van der Waals surface area contributed by atoms with Crippen molar-refractivity contribution in [1.29, 1.82) is 0 Å². The first kappa shape index (κ1) is 23.4. The number of rotatable bonds is 8. The molecule has 30 heavy (non-hydrogen) atoms. The van der Waals surface area contributed by atoms with E-state index >= 15 is 0 Å². The Kier molecular flexibility index (Phi) is 6.88. The van der Waals surface area contributed by atoms with Crippen molar-refractivity contribution in [2.24, 2.45) is 10.7 Å². The average Bonchev–Trinajstić information content (AvgIpc) is 3.07. The molecule has 4 N–H and O–H groups in total. The van der Waals surface area contributed by atoms with Crippen molar-refractivity contribution in [3.05, 3.63) is 30.2 Å². The molecule has 0 fully saturated rings. The maximum Gasteiger partial charge on any atom is 0.354 e. The van der Waals surface area contributed by atoms with E-state index in [1.807, 2.05) is 0 Å². The lowest BCUT2D eigenvalue weighted by molar-refractivity contribution is -0.129. The summed E-state index contributed by atoms with van der Waals surface area (Å²) in [7, 11) is -3.83. The summed E-state index contributed by atoms with van der Waals surface area (Å²) >= 11 is 0. The second kappa shape index (κ2) is 8.84. The van der Waals surface area contributed by atoms with Crippen LogP contribution in [0.3, 0.4) is 0 Å². The van der Waals surface area contributed by atoms with Gasteiger partial charge in [-0.2, -0.15) is 0 Å². The van der Waals surface area contributed by atoms with Crippen LogP contribution in [0, 0.1) is 0 Å². The van der Waals surface area contributed by atoms with Crippen LogP contribution in [0.2, 0.25) is 0 Å². The summed E-state index contributed by atoms with van der Waals surface area (Å²) in [6.45, 7) is 6.26. The van der Waals surface area contributed by atoms with E-state index in [1.165, 1.54) is 28.9 Å². The summed E-state index contributed by atoms with van der Waals surface area (Å²) in [4.78, 5) is 19.3. The molecule has 2 aromatic heterocycles. The number of imidazole rings is 1. The zero-order valence-electron chi connectivity index (χ0n) is 17.3. The fraction of sp³-hybridized carbons (Fsp3) is 0.421. The molecule has 0 aliphatic heterocycles. The minimum absolute atomic E-state index is 0.0558. The van der Waals surface area contributed by atoms with E-state index in [-0.39, 0.29) is 41.8 Å². The molecule has 0 unspecified atom stereocenters. The first-order valence-electron chi connectivity index (χ1n) is 9.18. The highest BCUT2D eigenvalue weighted by Gasteiger charge is 2.34. The first-order valence-corrected chi connectivity index (χ1v) is 10.7. The third-order valence-electron chi connectivity index (χ3n) is 4.15. The number of aliphatic carboxylic acids is 1. The molecule has 0 aromatic carbocycles. The average molecular weight is 439 g/mol. The van der Waals surface area contributed by atoms with Gasteiger partial charge in [0.1, 0.15) is 28.6 Å². The molecular formula is C19H26N4O6S. The van der Waals surface area contributed by atoms with Crippen molar-refractivity contribution in [1.82, 2.24) is 9.38 Å². The number of carboxylic acids is 1. The van der Waals surface area contributed by atoms with E-state index < -0.39 is 20.6 Å². The Balaban J connectivity index is 2.74. The molecule has 0 spiro atoms. The van der Waals surface area contributed by atoms with Crippen molar-refractivity contribution in [2.75, 3.05) is 19.8 Å². The number of fused-ring (bicyclic) bond motifs is 1. The van der Waals surface area contributed by atoms with Gasteiger partial charge in [0, 0.05) is 18.8 Å². The highest BCUT2D eigenvalue weighted by atomic mass is 32.2. The number of aliphatic imine (C=N–C) groups is 1. The van der Waals surface area contributed by atoms with Crippen LogP contribution in [0.4, 0.5) is 0 Å². The monoisotopic (exact) mass is 438 g/mol. The number of aliphatic hydroxyl groups is 1. The minimum atomic E-state index is -3.83. The highest BCUT2D eigenvalue weighted by molar-refractivity contribution is 7.92. The second-order valence-electron chi connectivity index (χ2n) is 7.33.